The molecule has 2 atom stereocenters. The van der Waals surface area contributed by atoms with E-state index in [1.54, 1.807) is 11.3 Å². The van der Waals surface area contributed by atoms with Gasteiger partial charge in [-0.25, -0.2) is 0 Å². The monoisotopic (exact) mass is 359 g/mol. The second kappa shape index (κ2) is 7.02. The van der Waals surface area contributed by atoms with Gasteiger partial charge >= 0.3 is 0 Å². The summed E-state index contributed by atoms with van der Waals surface area (Å²) >= 11 is 1.65. The average molecular weight is 359 g/mol. The Morgan fingerprint density at radius 2 is 2.20 bits per heavy atom. The number of nitrogens with one attached hydrogen (secondary N) is 1. The Labute approximate surface area is 152 Å². The van der Waals surface area contributed by atoms with Crippen LogP contribution in [0.3, 0.4) is 0 Å². The highest BCUT2D eigenvalue weighted by molar-refractivity contribution is 7.11. The predicted molar refractivity (Wildman–Crippen MR) is 99.5 cm³/mol. The second-order valence-corrected chi connectivity index (χ2v) is 8.39. The zero-order valence-electron chi connectivity index (χ0n) is 14.7. The van der Waals surface area contributed by atoms with Gasteiger partial charge in [0.05, 0.1) is 6.42 Å². The van der Waals surface area contributed by atoms with Gasteiger partial charge in [-0.05, 0) is 36.9 Å². The number of thiophene rings is 1. The number of amides is 1. The van der Waals surface area contributed by atoms with E-state index < -0.39 is 0 Å². The Morgan fingerprint density at radius 3 is 3.00 bits per heavy atom. The molecule has 25 heavy (non-hydrogen) atoms. The standard InChI is InChI=1S/C19H25N3O2S/c1-21-6-7-22-11-13(9-14(22)12-21)20-19(24)10-16-15(4-5-17(16)23)18-3-2-8-25-18/h2-3,8,13-14H,4-7,9-12H2,1H3,(H,20,24)/t13-,14-/m0/s1. The molecule has 134 valence electrons. The Balaban J connectivity index is 1.39. The normalized spacial score (nSPS) is 27.8. The van der Waals surface area contributed by atoms with Crippen LogP contribution in [0.2, 0.25) is 0 Å². The van der Waals surface area contributed by atoms with Crippen molar-refractivity contribution in [1.82, 2.24) is 15.1 Å². The number of carbonyl (C=O) groups is 2. The molecule has 3 heterocycles. The quantitative estimate of drug-likeness (QED) is 0.890. The van der Waals surface area contributed by atoms with Crippen LogP contribution in [0, 0.1) is 0 Å². The van der Waals surface area contributed by atoms with Crippen LogP contribution in [-0.2, 0) is 9.59 Å². The van der Waals surface area contributed by atoms with E-state index in [2.05, 4.69) is 22.2 Å². The van der Waals surface area contributed by atoms with Crippen molar-refractivity contribution >= 4 is 28.6 Å². The van der Waals surface area contributed by atoms with E-state index in [0.717, 1.165) is 55.0 Å². The fraction of sp³-hybridized carbons (Fsp3) is 0.579. The molecule has 1 aromatic rings. The number of allylic oxidation sites excluding steroid dienone is 1. The SMILES string of the molecule is CN1CCN2C[C@@H](NC(=O)CC3=C(c4cccs4)CCC3=O)C[C@H]2C1. The number of piperazine rings is 1. The molecule has 3 aliphatic rings. The van der Waals surface area contributed by atoms with E-state index in [0.29, 0.717) is 12.5 Å². The van der Waals surface area contributed by atoms with E-state index in [-0.39, 0.29) is 24.2 Å². The lowest BCUT2D eigenvalue weighted by molar-refractivity contribution is -0.122. The highest BCUT2D eigenvalue weighted by Crippen LogP contribution is 2.35. The van der Waals surface area contributed by atoms with Crippen LogP contribution in [0.4, 0.5) is 0 Å². The molecule has 2 aliphatic heterocycles. The molecule has 2 fully saturated rings. The first kappa shape index (κ1) is 16.9. The maximum absolute atomic E-state index is 12.6. The largest absolute Gasteiger partial charge is 0.352 e. The van der Waals surface area contributed by atoms with Gasteiger partial charge in [0.2, 0.25) is 5.91 Å². The fourth-order valence-corrected chi connectivity index (χ4v) is 5.21. The molecular weight excluding hydrogens is 334 g/mol. The molecular formula is C19H25N3O2S. The summed E-state index contributed by atoms with van der Waals surface area (Å²) < 4.78 is 0. The molecule has 4 rings (SSSR count). The van der Waals surface area contributed by atoms with Gasteiger partial charge in [0.15, 0.2) is 5.78 Å². The molecule has 2 saturated heterocycles. The van der Waals surface area contributed by atoms with Gasteiger partial charge in [0.1, 0.15) is 0 Å². The second-order valence-electron chi connectivity index (χ2n) is 7.45. The van der Waals surface area contributed by atoms with Crippen LogP contribution in [-0.4, -0.2) is 66.8 Å². The fourth-order valence-electron chi connectivity index (χ4n) is 4.38. The molecule has 1 aliphatic carbocycles. The molecule has 0 saturated carbocycles. The Bertz CT molecular complexity index is 698. The summed E-state index contributed by atoms with van der Waals surface area (Å²) in [5, 5.41) is 5.20. The summed E-state index contributed by atoms with van der Waals surface area (Å²) in [7, 11) is 2.16. The van der Waals surface area contributed by atoms with Crippen molar-refractivity contribution in [3.8, 4) is 0 Å². The number of carbonyl (C=O) groups excluding carboxylic acids is 2. The highest BCUT2D eigenvalue weighted by atomic mass is 32.1. The van der Waals surface area contributed by atoms with Crippen LogP contribution >= 0.6 is 11.3 Å². The summed E-state index contributed by atoms with van der Waals surface area (Å²) in [6, 6.07) is 4.81. The molecule has 6 heteroatoms. The Hall–Kier alpha value is -1.50. The number of fused-ring (bicyclic) bond motifs is 1. The van der Waals surface area contributed by atoms with Crippen LogP contribution in [0.1, 0.15) is 30.6 Å². The molecule has 0 bridgehead atoms. The number of likely N-dealkylation sites (N-methyl/N-ethyl adjacent to an activating group) is 1. The van der Waals surface area contributed by atoms with E-state index in [9.17, 15) is 9.59 Å². The number of ketones is 1. The molecule has 1 amide bonds. The first-order chi connectivity index (χ1) is 12.1. The molecule has 0 unspecified atom stereocenters. The summed E-state index contributed by atoms with van der Waals surface area (Å²) in [6.07, 6.45) is 2.56. The van der Waals surface area contributed by atoms with Crippen LogP contribution in [0.15, 0.2) is 23.1 Å². The number of nitrogens with zero attached hydrogens (tertiary/aromatic N) is 2. The van der Waals surface area contributed by atoms with Gasteiger partial charge < -0.3 is 10.2 Å². The maximum Gasteiger partial charge on any atom is 0.224 e. The lowest BCUT2D eigenvalue weighted by Crippen LogP contribution is -2.48. The van der Waals surface area contributed by atoms with Crippen molar-refractivity contribution in [2.75, 3.05) is 33.2 Å². The van der Waals surface area contributed by atoms with Crippen LogP contribution < -0.4 is 5.32 Å². The first-order valence-corrected chi connectivity index (χ1v) is 9.99. The van der Waals surface area contributed by atoms with E-state index in [4.69, 9.17) is 0 Å². The van der Waals surface area contributed by atoms with Gasteiger partial charge in [0, 0.05) is 55.1 Å². The first-order valence-electron chi connectivity index (χ1n) is 9.11. The zero-order chi connectivity index (χ0) is 17.4. The number of Topliss-reactive ketones (excluding diaryl/α,β-unsaturated/α-hetero) is 1. The maximum atomic E-state index is 12.6. The summed E-state index contributed by atoms with van der Waals surface area (Å²) in [4.78, 5) is 30.8. The van der Waals surface area contributed by atoms with Crippen molar-refractivity contribution < 1.29 is 9.59 Å². The predicted octanol–water partition coefficient (Wildman–Crippen LogP) is 1.76. The highest BCUT2D eigenvalue weighted by Gasteiger charge is 2.36. The van der Waals surface area contributed by atoms with Gasteiger partial charge in [-0.2, -0.15) is 0 Å². The molecule has 1 aromatic heterocycles. The minimum atomic E-state index is -0.00231. The number of rotatable bonds is 4. The van der Waals surface area contributed by atoms with Crippen molar-refractivity contribution in [3.63, 3.8) is 0 Å². The minimum absolute atomic E-state index is 0.00231. The van der Waals surface area contributed by atoms with E-state index >= 15 is 0 Å². The lowest BCUT2D eigenvalue weighted by atomic mass is 10.0. The van der Waals surface area contributed by atoms with E-state index in [1.807, 2.05) is 17.5 Å². The van der Waals surface area contributed by atoms with Crippen molar-refractivity contribution in [3.05, 3.63) is 28.0 Å². The third-order valence-corrected chi connectivity index (χ3v) is 6.57. The number of hydrogen-bond acceptors (Lipinski definition) is 5. The summed E-state index contributed by atoms with van der Waals surface area (Å²) in [5.41, 5.74) is 1.82. The molecule has 1 N–H and O–H groups in total. The molecule has 0 radical (unpaired) electrons. The van der Waals surface area contributed by atoms with Gasteiger partial charge in [0.25, 0.3) is 0 Å². The minimum Gasteiger partial charge on any atom is -0.352 e. The molecule has 0 aromatic carbocycles. The van der Waals surface area contributed by atoms with Crippen LogP contribution in [0.25, 0.3) is 5.57 Å². The van der Waals surface area contributed by atoms with E-state index in [1.165, 1.54) is 0 Å². The summed E-state index contributed by atoms with van der Waals surface area (Å²) in [5.74, 6) is 0.140. The Morgan fingerprint density at radius 1 is 1.32 bits per heavy atom. The van der Waals surface area contributed by atoms with Crippen molar-refractivity contribution in [2.24, 2.45) is 0 Å². The lowest BCUT2D eigenvalue weighted by Gasteiger charge is -2.34. The smallest absolute Gasteiger partial charge is 0.224 e. The number of hydrogen-bond donors (Lipinski definition) is 1. The molecule has 5 nitrogen and oxygen atoms in total. The third kappa shape index (κ3) is 3.57. The van der Waals surface area contributed by atoms with Crippen molar-refractivity contribution in [2.45, 2.75) is 37.8 Å². The van der Waals surface area contributed by atoms with Gasteiger partial charge in [-0.1, -0.05) is 6.07 Å². The van der Waals surface area contributed by atoms with Crippen molar-refractivity contribution in [1.29, 1.82) is 0 Å². The topological polar surface area (TPSA) is 52.6 Å². The van der Waals surface area contributed by atoms with Gasteiger partial charge in [-0.15, -0.1) is 11.3 Å². The Kier molecular flexibility index (Phi) is 4.75. The average Bonchev–Trinajstić information content (AvgIpc) is 3.28. The third-order valence-electron chi connectivity index (χ3n) is 5.64. The molecule has 0 spiro atoms. The summed E-state index contributed by atoms with van der Waals surface area (Å²) in [6.45, 7) is 4.20. The van der Waals surface area contributed by atoms with Crippen LogP contribution in [0.5, 0.6) is 0 Å². The zero-order valence-corrected chi connectivity index (χ0v) is 15.5. The van der Waals surface area contributed by atoms with Gasteiger partial charge in [-0.3, -0.25) is 14.5 Å².